The summed E-state index contributed by atoms with van der Waals surface area (Å²) in [5.41, 5.74) is 0. The van der Waals surface area contributed by atoms with Gasteiger partial charge in [-0.2, -0.15) is 0 Å². The molecule has 1 aliphatic heterocycles. The van der Waals surface area contributed by atoms with Gasteiger partial charge in [0.05, 0.1) is 13.2 Å². The Kier molecular flexibility index (Phi) is 4.14. The molecule has 3 N–H and O–H groups in total. The summed E-state index contributed by atoms with van der Waals surface area (Å²) in [7, 11) is 0. The van der Waals surface area contributed by atoms with E-state index in [-0.39, 0.29) is 18.6 Å². The van der Waals surface area contributed by atoms with Gasteiger partial charge in [-0.3, -0.25) is 4.79 Å². The summed E-state index contributed by atoms with van der Waals surface area (Å²) in [6, 6.07) is -0.210. The van der Waals surface area contributed by atoms with Crippen molar-refractivity contribution in [1.82, 2.24) is 10.6 Å². The number of hydrogen-bond acceptors (Lipinski definition) is 4. The number of morpholine rings is 1. The highest BCUT2D eigenvalue weighted by Crippen LogP contribution is 1.96. The molecule has 13 heavy (non-hydrogen) atoms. The Morgan fingerprint density at radius 2 is 2.62 bits per heavy atom. The standard InChI is InChI=1S/C8H16N2O3/c1-6(5-11)10-8(12)7-4-9-2-3-13-7/h6-7,9,11H,2-5H2,1H3,(H,10,12). The third-order valence-corrected chi connectivity index (χ3v) is 1.88. The summed E-state index contributed by atoms with van der Waals surface area (Å²) in [6.45, 7) is 3.59. The van der Waals surface area contributed by atoms with Crippen molar-refractivity contribution in [3.63, 3.8) is 0 Å². The molecule has 0 saturated carbocycles. The van der Waals surface area contributed by atoms with Crippen molar-refractivity contribution in [2.24, 2.45) is 0 Å². The first kappa shape index (κ1) is 10.4. The van der Waals surface area contributed by atoms with E-state index in [1.54, 1.807) is 6.92 Å². The maximum Gasteiger partial charge on any atom is 0.250 e. The smallest absolute Gasteiger partial charge is 0.250 e. The Hall–Kier alpha value is -0.650. The van der Waals surface area contributed by atoms with Crippen LogP contribution in [-0.4, -0.2) is 49.5 Å². The topological polar surface area (TPSA) is 70.6 Å². The molecule has 1 aliphatic rings. The van der Waals surface area contributed by atoms with Gasteiger partial charge >= 0.3 is 0 Å². The maximum absolute atomic E-state index is 11.4. The summed E-state index contributed by atoms with van der Waals surface area (Å²) in [4.78, 5) is 11.4. The van der Waals surface area contributed by atoms with Crippen LogP contribution < -0.4 is 10.6 Å². The monoisotopic (exact) mass is 188 g/mol. The van der Waals surface area contributed by atoms with E-state index in [2.05, 4.69) is 10.6 Å². The van der Waals surface area contributed by atoms with Crippen LogP contribution in [-0.2, 0) is 9.53 Å². The second-order valence-electron chi connectivity index (χ2n) is 3.16. The number of hydrogen-bond donors (Lipinski definition) is 3. The van der Waals surface area contributed by atoms with Gasteiger partial charge in [-0.1, -0.05) is 0 Å². The van der Waals surface area contributed by atoms with E-state index in [1.165, 1.54) is 0 Å². The Labute approximate surface area is 77.5 Å². The van der Waals surface area contributed by atoms with Gasteiger partial charge in [-0.05, 0) is 6.92 Å². The predicted molar refractivity (Wildman–Crippen MR) is 47.3 cm³/mol. The van der Waals surface area contributed by atoms with Crippen LogP contribution in [0.1, 0.15) is 6.92 Å². The van der Waals surface area contributed by atoms with Crippen molar-refractivity contribution in [1.29, 1.82) is 0 Å². The first-order valence-electron chi connectivity index (χ1n) is 4.47. The van der Waals surface area contributed by atoms with Gasteiger partial charge in [0.1, 0.15) is 6.10 Å². The minimum atomic E-state index is -0.414. The normalized spacial score (nSPS) is 25.2. The molecule has 1 saturated heterocycles. The summed E-state index contributed by atoms with van der Waals surface area (Å²) in [5.74, 6) is -0.159. The lowest BCUT2D eigenvalue weighted by Crippen LogP contribution is -2.50. The van der Waals surface area contributed by atoms with Crippen LogP contribution >= 0.6 is 0 Å². The van der Waals surface area contributed by atoms with Crippen LogP contribution in [0.25, 0.3) is 0 Å². The van der Waals surface area contributed by atoms with E-state index >= 15 is 0 Å². The summed E-state index contributed by atoms with van der Waals surface area (Å²) in [5, 5.41) is 14.4. The first-order valence-corrected chi connectivity index (χ1v) is 4.47. The van der Waals surface area contributed by atoms with Crippen molar-refractivity contribution in [3.05, 3.63) is 0 Å². The molecule has 0 spiro atoms. The molecular formula is C8H16N2O3. The Bertz CT molecular complexity index is 169. The number of amides is 1. The molecule has 1 heterocycles. The highest BCUT2D eigenvalue weighted by atomic mass is 16.5. The molecular weight excluding hydrogens is 172 g/mol. The highest BCUT2D eigenvalue weighted by molar-refractivity contribution is 5.81. The summed E-state index contributed by atoms with van der Waals surface area (Å²) < 4.78 is 5.23. The molecule has 1 fully saturated rings. The predicted octanol–water partition coefficient (Wildman–Crippen LogP) is -1.53. The zero-order valence-electron chi connectivity index (χ0n) is 7.75. The number of nitrogens with one attached hydrogen (secondary N) is 2. The Morgan fingerprint density at radius 3 is 3.15 bits per heavy atom. The quantitative estimate of drug-likeness (QED) is 0.502. The van der Waals surface area contributed by atoms with E-state index < -0.39 is 6.10 Å². The lowest BCUT2D eigenvalue weighted by Gasteiger charge is -2.23. The lowest BCUT2D eigenvalue weighted by molar-refractivity contribution is -0.135. The third kappa shape index (κ3) is 3.30. The van der Waals surface area contributed by atoms with Crippen LogP contribution in [0.15, 0.2) is 0 Å². The van der Waals surface area contributed by atoms with Gasteiger partial charge in [0.25, 0.3) is 5.91 Å². The molecule has 5 nitrogen and oxygen atoms in total. The van der Waals surface area contributed by atoms with Gasteiger partial charge in [0, 0.05) is 19.1 Å². The second-order valence-corrected chi connectivity index (χ2v) is 3.16. The molecule has 5 heteroatoms. The number of carbonyl (C=O) groups is 1. The number of carbonyl (C=O) groups excluding carboxylic acids is 1. The van der Waals surface area contributed by atoms with Gasteiger partial charge < -0.3 is 20.5 Å². The Balaban J connectivity index is 2.29. The molecule has 0 bridgehead atoms. The van der Waals surface area contributed by atoms with E-state index in [9.17, 15) is 4.79 Å². The number of aliphatic hydroxyl groups excluding tert-OH is 1. The second kappa shape index (κ2) is 5.16. The van der Waals surface area contributed by atoms with Gasteiger partial charge in [0.2, 0.25) is 0 Å². The minimum Gasteiger partial charge on any atom is -0.394 e. The largest absolute Gasteiger partial charge is 0.394 e. The molecule has 76 valence electrons. The van der Waals surface area contributed by atoms with Gasteiger partial charge in [-0.25, -0.2) is 0 Å². The average Bonchev–Trinajstić information content (AvgIpc) is 2.19. The maximum atomic E-state index is 11.4. The summed E-state index contributed by atoms with van der Waals surface area (Å²) >= 11 is 0. The zero-order valence-corrected chi connectivity index (χ0v) is 7.75. The molecule has 0 radical (unpaired) electrons. The Morgan fingerprint density at radius 1 is 1.85 bits per heavy atom. The first-order chi connectivity index (χ1) is 6.24. The van der Waals surface area contributed by atoms with Crippen LogP contribution in [0.2, 0.25) is 0 Å². The number of ether oxygens (including phenoxy) is 1. The highest BCUT2D eigenvalue weighted by Gasteiger charge is 2.22. The molecule has 2 unspecified atom stereocenters. The number of rotatable bonds is 3. The van der Waals surface area contributed by atoms with E-state index in [0.717, 1.165) is 6.54 Å². The lowest BCUT2D eigenvalue weighted by atomic mass is 10.2. The van der Waals surface area contributed by atoms with E-state index in [0.29, 0.717) is 13.2 Å². The molecule has 1 amide bonds. The van der Waals surface area contributed by atoms with Crippen molar-refractivity contribution in [2.75, 3.05) is 26.3 Å². The van der Waals surface area contributed by atoms with Crippen LogP contribution in [0.3, 0.4) is 0 Å². The summed E-state index contributed by atoms with van der Waals surface area (Å²) in [6.07, 6.45) is -0.414. The molecule has 0 aromatic rings. The van der Waals surface area contributed by atoms with E-state index in [1.807, 2.05) is 0 Å². The van der Waals surface area contributed by atoms with Gasteiger partial charge in [0.15, 0.2) is 0 Å². The molecule has 0 aromatic heterocycles. The fourth-order valence-electron chi connectivity index (χ4n) is 1.12. The fraction of sp³-hybridized carbons (Fsp3) is 0.875. The van der Waals surface area contributed by atoms with Crippen LogP contribution in [0.4, 0.5) is 0 Å². The van der Waals surface area contributed by atoms with Crippen molar-refractivity contribution in [3.8, 4) is 0 Å². The minimum absolute atomic E-state index is 0.0497. The number of aliphatic hydroxyl groups is 1. The average molecular weight is 188 g/mol. The van der Waals surface area contributed by atoms with Crippen LogP contribution in [0, 0.1) is 0 Å². The van der Waals surface area contributed by atoms with Crippen LogP contribution in [0.5, 0.6) is 0 Å². The molecule has 2 atom stereocenters. The third-order valence-electron chi connectivity index (χ3n) is 1.88. The molecule has 1 rings (SSSR count). The zero-order chi connectivity index (χ0) is 9.68. The molecule has 0 aromatic carbocycles. The van der Waals surface area contributed by atoms with Crippen molar-refractivity contribution in [2.45, 2.75) is 19.1 Å². The van der Waals surface area contributed by atoms with E-state index in [4.69, 9.17) is 9.84 Å². The fourth-order valence-corrected chi connectivity index (χ4v) is 1.12. The van der Waals surface area contributed by atoms with Gasteiger partial charge in [-0.15, -0.1) is 0 Å². The molecule has 0 aliphatic carbocycles. The van der Waals surface area contributed by atoms with Crippen molar-refractivity contribution < 1.29 is 14.6 Å². The SMILES string of the molecule is CC(CO)NC(=O)C1CNCCO1. The van der Waals surface area contributed by atoms with Crippen molar-refractivity contribution >= 4 is 5.91 Å².